The number of nitrogen functional groups attached to an aromatic ring is 1. The Morgan fingerprint density at radius 2 is 2.05 bits per heavy atom. The molecule has 8 heteroatoms. The van der Waals surface area contributed by atoms with E-state index >= 15 is 0 Å². The van der Waals surface area contributed by atoms with E-state index in [9.17, 15) is 5.11 Å². The molecule has 0 fully saturated rings. The van der Waals surface area contributed by atoms with E-state index in [1.807, 2.05) is 25.8 Å². The minimum atomic E-state index is -0.106. The van der Waals surface area contributed by atoms with Crippen molar-refractivity contribution in [1.82, 2.24) is 19.5 Å². The van der Waals surface area contributed by atoms with E-state index in [1.165, 1.54) is 0 Å². The van der Waals surface area contributed by atoms with Crippen molar-refractivity contribution in [3.05, 3.63) is 27.9 Å². The van der Waals surface area contributed by atoms with Crippen LogP contribution in [-0.4, -0.2) is 37.8 Å². The molecule has 1 aliphatic heterocycles. The summed E-state index contributed by atoms with van der Waals surface area (Å²) >= 11 is 6.19. The summed E-state index contributed by atoms with van der Waals surface area (Å²) in [5.74, 6) is 1.66. The zero-order valence-electron chi connectivity index (χ0n) is 12.8. The lowest BCUT2D eigenvalue weighted by atomic mass is 10.1. The highest BCUT2D eigenvalue weighted by atomic mass is 35.5. The number of imidazole rings is 1. The molecule has 0 saturated carbocycles. The van der Waals surface area contributed by atoms with Crippen LogP contribution in [0.4, 0.5) is 11.8 Å². The third-order valence-corrected chi connectivity index (χ3v) is 4.60. The van der Waals surface area contributed by atoms with Crippen LogP contribution in [0, 0.1) is 13.8 Å². The molecule has 0 amide bonds. The summed E-state index contributed by atoms with van der Waals surface area (Å²) < 4.78 is 2.06. The normalized spacial score (nSPS) is 17.1. The summed E-state index contributed by atoms with van der Waals surface area (Å²) in [4.78, 5) is 14.9. The predicted octanol–water partition coefficient (Wildman–Crippen LogP) is 1.16. The van der Waals surface area contributed by atoms with Gasteiger partial charge in [-0.15, -0.1) is 0 Å². The van der Waals surface area contributed by atoms with Crippen LogP contribution in [0.15, 0.2) is 0 Å². The summed E-state index contributed by atoms with van der Waals surface area (Å²) in [6, 6.07) is 0. The lowest BCUT2D eigenvalue weighted by Crippen LogP contribution is -2.24. The van der Waals surface area contributed by atoms with Crippen LogP contribution in [-0.2, 0) is 13.6 Å². The van der Waals surface area contributed by atoms with Gasteiger partial charge in [-0.25, -0.2) is 9.97 Å². The minimum absolute atomic E-state index is 0.00484. The van der Waals surface area contributed by atoms with E-state index in [1.54, 1.807) is 0 Å². The van der Waals surface area contributed by atoms with Crippen LogP contribution in [0.25, 0.3) is 0 Å². The summed E-state index contributed by atoms with van der Waals surface area (Å²) in [6.07, 6.45) is 0. The van der Waals surface area contributed by atoms with Crippen molar-refractivity contribution in [3.63, 3.8) is 0 Å². The molecule has 3 rings (SSSR count). The highest BCUT2D eigenvalue weighted by Gasteiger charge is 2.33. The number of aromatic nitrogens is 4. The molecule has 118 valence electrons. The van der Waals surface area contributed by atoms with Crippen LogP contribution < -0.4 is 10.6 Å². The first-order valence-corrected chi connectivity index (χ1v) is 7.47. The quantitative estimate of drug-likeness (QED) is 0.824. The molecule has 1 unspecified atom stereocenters. The molecule has 3 heterocycles. The largest absolute Gasteiger partial charge is 0.396 e. The van der Waals surface area contributed by atoms with E-state index in [4.69, 9.17) is 17.3 Å². The van der Waals surface area contributed by atoms with Gasteiger partial charge in [-0.3, -0.25) is 0 Å². The maximum atomic E-state index is 9.60. The Kier molecular flexibility index (Phi) is 3.70. The molecule has 22 heavy (non-hydrogen) atoms. The predicted molar refractivity (Wildman–Crippen MR) is 85.0 cm³/mol. The van der Waals surface area contributed by atoms with Gasteiger partial charge in [-0.1, -0.05) is 11.6 Å². The lowest BCUT2D eigenvalue weighted by molar-refractivity contribution is 0.270. The zero-order valence-corrected chi connectivity index (χ0v) is 13.6. The SMILES string of the molecule is Cc1nc(CN2CC(CO)c3c(Cl)nc(N)nc32)n(C)c1C. The van der Waals surface area contributed by atoms with Crippen LogP contribution in [0.2, 0.25) is 5.15 Å². The molecule has 7 nitrogen and oxygen atoms in total. The smallest absolute Gasteiger partial charge is 0.223 e. The van der Waals surface area contributed by atoms with Crippen LogP contribution in [0.1, 0.15) is 28.7 Å². The van der Waals surface area contributed by atoms with E-state index in [0.717, 1.165) is 22.8 Å². The van der Waals surface area contributed by atoms with Crippen molar-refractivity contribution in [2.24, 2.45) is 7.05 Å². The lowest BCUT2D eigenvalue weighted by Gasteiger charge is -2.18. The summed E-state index contributed by atoms with van der Waals surface area (Å²) in [7, 11) is 1.99. The number of aliphatic hydroxyl groups is 1. The maximum Gasteiger partial charge on any atom is 0.223 e. The highest BCUT2D eigenvalue weighted by molar-refractivity contribution is 6.30. The first kappa shape index (κ1) is 15.1. The highest BCUT2D eigenvalue weighted by Crippen LogP contribution is 2.39. The second-order valence-corrected chi connectivity index (χ2v) is 5.99. The average Bonchev–Trinajstić information content (AvgIpc) is 2.93. The average molecular weight is 323 g/mol. The Balaban J connectivity index is 1.99. The number of aryl methyl sites for hydroxylation is 1. The summed E-state index contributed by atoms with van der Waals surface area (Å²) in [5.41, 5.74) is 8.62. The fourth-order valence-corrected chi connectivity index (χ4v) is 3.19. The molecule has 0 spiro atoms. The van der Waals surface area contributed by atoms with Crippen molar-refractivity contribution >= 4 is 23.4 Å². The van der Waals surface area contributed by atoms with Crippen LogP contribution in [0.5, 0.6) is 0 Å². The molecule has 2 aromatic heterocycles. The molecular weight excluding hydrogens is 304 g/mol. The van der Waals surface area contributed by atoms with Gasteiger partial charge in [0.15, 0.2) is 0 Å². The number of aliphatic hydroxyl groups excluding tert-OH is 1. The molecule has 1 atom stereocenters. The van der Waals surface area contributed by atoms with E-state index in [-0.39, 0.29) is 18.5 Å². The maximum absolute atomic E-state index is 9.60. The number of anilines is 2. The van der Waals surface area contributed by atoms with E-state index in [0.29, 0.717) is 24.1 Å². The molecule has 0 aromatic carbocycles. The van der Waals surface area contributed by atoms with Gasteiger partial charge in [-0.2, -0.15) is 4.98 Å². The number of rotatable bonds is 3. The first-order valence-electron chi connectivity index (χ1n) is 7.09. The first-order chi connectivity index (χ1) is 10.4. The topological polar surface area (TPSA) is 93.1 Å². The molecule has 1 aliphatic rings. The van der Waals surface area contributed by atoms with Crippen LogP contribution >= 0.6 is 11.6 Å². The van der Waals surface area contributed by atoms with E-state index < -0.39 is 0 Å². The molecule has 2 aromatic rings. The zero-order chi connectivity index (χ0) is 16.0. The number of nitrogens with two attached hydrogens (primary N) is 1. The van der Waals surface area contributed by atoms with Crippen molar-refractivity contribution < 1.29 is 5.11 Å². The second kappa shape index (κ2) is 5.40. The molecule has 0 bridgehead atoms. The fraction of sp³-hybridized carbons (Fsp3) is 0.500. The van der Waals surface area contributed by atoms with Gasteiger partial charge >= 0.3 is 0 Å². The van der Waals surface area contributed by atoms with Gasteiger partial charge in [0.2, 0.25) is 5.95 Å². The molecule has 0 radical (unpaired) electrons. The van der Waals surface area contributed by atoms with Crippen molar-refractivity contribution in [2.75, 3.05) is 23.8 Å². The Hall–Kier alpha value is -1.86. The molecule has 0 saturated heterocycles. The Morgan fingerprint density at radius 3 is 2.64 bits per heavy atom. The summed E-state index contributed by atoms with van der Waals surface area (Å²) in [6.45, 7) is 5.23. The van der Waals surface area contributed by atoms with Crippen molar-refractivity contribution in [1.29, 1.82) is 0 Å². The minimum Gasteiger partial charge on any atom is -0.396 e. The number of hydrogen-bond donors (Lipinski definition) is 2. The van der Waals surface area contributed by atoms with Gasteiger partial charge in [0.25, 0.3) is 0 Å². The second-order valence-electron chi connectivity index (χ2n) is 5.63. The number of nitrogens with zero attached hydrogens (tertiary/aromatic N) is 5. The Labute approximate surface area is 133 Å². The number of halogens is 1. The van der Waals surface area contributed by atoms with E-state index in [2.05, 4.69) is 19.5 Å². The van der Waals surface area contributed by atoms with Gasteiger partial charge in [0.05, 0.1) is 18.8 Å². The van der Waals surface area contributed by atoms with Crippen molar-refractivity contribution in [3.8, 4) is 0 Å². The van der Waals surface area contributed by atoms with Gasteiger partial charge in [-0.05, 0) is 13.8 Å². The summed E-state index contributed by atoms with van der Waals surface area (Å²) in [5, 5.41) is 9.92. The Morgan fingerprint density at radius 1 is 1.32 bits per heavy atom. The molecule has 0 aliphatic carbocycles. The molecular formula is C14H19ClN6O. The van der Waals surface area contributed by atoms with Crippen molar-refractivity contribution in [2.45, 2.75) is 26.3 Å². The van der Waals surface area contributed by atoms with Crippen LogP contribution in [0.3, 0.4) is 0 Å². The molecule has 3 N–H and O–H groups in total. The van der Waals surface area contributed by atoms with Gasteiger partial charge in [0.1, 0.15) is 16.8 Å². The van der Waals surface area contributed by atoms with Gasteiger partial charge < -0.3 is 20.3 Å². The Bertz CT molecular complexity index is 729. The number of fused-ring (bicyclic) bond motifs is 1. The monoisotopic (exact) mass is 322 g/mol. The van der Waals surface area contributed by atoms with Gasteiger partial charge in [0, 0.05) is 30.8 Å². The fourth-order valence-electron chi connectivity index (χ4n) is 2.87. The standard InChI is InChI=1S/C14H19ClN6O/c1-7-8(2)20(3)10(17-7)5-21-4-9(6-22)11-12(15)18-14(16)19-13(11)21/h9,22H,4-6H2,1-3H3,(H2,16,18,19). The third kappa shape index (κ3) is 2.30. The third-order valence-electron chi connectivity index (χ3n) is 4.31. The number of hydrogen-bond acceptors (Lipinski definition) is 6.